The normalized spacial score (nSPS) is 16.2. The van der Waals surface area contributed by atoms with Gasteiger partial charge in [0.05, 0.1) is 11.4 Å². The van der Waals surface area contributed by atoms with Crippen molar-refractivity contribution in [2.75, 3.05) is 18.0 Å². The number of aromatic nitrogens is 1. The van der Waals surface area contributed by atoms with E-state index in [-0.39, 0.29) is 11.3 Å². The third kappa shape index (κ3) is 4.30. The number of rotatable bonds is 7. The molecule has 0 spiro atoms. The van der Waals surface area contributed by atoms with E-state index in [0.717, 1.165) is 30.8 Å². The lowest BCUT2D eigenvalue weighted by Crippen LogP contribution is -2.39. The van der Waals surface area contributed by atoms with Crippen LogP contribution in [0.15, 0.2) is 35.7 Å². The van der Waals surface area contributed by atoms with Crippen LogP contribution in [0.5, 0.6) is 0 Å². The van der Waals surface area contributed by atoms with Crippen LogP contribution in [0.1, 0.15) is 36.9 Å². The van der Waals surface area contributed by atoms with Gasteiger partial charge in [0.25, 0.3) is 0 Å². The highest BCUT2D eigenvalue weighted by atomic mass is 32.2. The van der Waals surface area contributed by atoms with E-state index in [4.69, 9.17) is 5.73 Å². The Labute approximate surface area is 151 Å². The number of amides is 1. The predicted octanol–water partition coefficient (Wildman–Crippen LogP) is 3.59. The molecular formula is C18H23N3OS2. The molecule has 1 heterocycles. The largest absolute Gasteiger partial charge is 0.375 e. The summed E-state index contributed by atoms with van der Waals surface area (Å²) in [7, 11) is 0. The number of thioether (sulfide) groups is 1. The zero-order valence-electron chi connectivity index (χ0n) is 13.7. The molecule has 1 aliphatic rings. The highest BCUT2D eigenvalue weighted by molar-refractivity contribution is 7.99. The first kappa shape index (κ1) is 17.3. The van der Waals surface area contributed by atoms with Crippen LogP contribution in [-0.2, 0) is 16.0 Å². The third-order valence-corrected chi connectivity index (χ3v) is 6.31. The summed E-state index contributed by atoms with van der Waals surface area (Å²) in [5.74, 6) is 1.29. The zero-order chi connectivity index (χ0) is 16.8. The second-order valence-corrected chi connectivity index (χ2v) is 8.18. The van der Waals surface area contributed by atoms with Gasteiger partial charge in [0.15, 0.2) is 5.13 Å². The van der Waals surface area contributed by atoms with Gasteiger partial charge in [0.2, 0.25) is 5.91 Å². The van der Waals surface area contributed by atoms with E-state index in [1.54, 1.807) is 11.8 Å². The number of nitrogen functional groups attached to an aromatic ring is 1. The Kier molecular flexibility index (Phi) is 5.79. The van der Waals surface area contributed by atoms with Crippen molar-refractivity contribution in [3.05, 3.63) is 47.0 Å². The minimum Gasteiger partial charge on any atom is -0.375 e. The summed E-state index contributed by atoms with van der Waals surface area (Å²) in [5.41, 5.74) is 8.04. The lowest BCUT2D eigenvalue weighted by Gasteiger charge is -2.30. The SMILES string of the molecule is Nc1nc(CSCC(=O)NCC2(c3ccccc3)CCCC2)cs1. The third-order valence-electron chi connectivity index (χ3n) is 4.62. The van der Waals surface area contributed by atoms with Crippen molar-refractivity contribution in [1.29, 1.82) is 0 Å². The van der Waals surface area contributed by atoms with E-state index in [9.17, 15) is 4.79 Å². The number of nitrogens with one attached hydrogen (secondary N) is 1. The molecule has 1 aromatic heterocycles. The molecule has 0 radical (unpaired) electrons. The maximum atomic E-state index is 12.2. The zero-order valence-corrected chi connectivity index (χ0v) is 15.3. The standard InChI is InChI=1S/C18H23N3OS2/c19-17-21-15(11-24-17)10-23-12-16(22)20-13-18(8-4-5-9-18)14-6-2-1-3-7-14/h1-3,6-7,11H,4-5,8-10,12-13H2,(H2,19,21)(H,20,22). The summed E-state index contributed by atoms with van der Waals surface area (Å²) < 4.78 is 0. The lowest BCUT2D eigenvalue weighted by atomic mass is 9.79. The summed E-state index contributed by atoms with van der Waals surface area (Å²) >= 11 is 3.02. The van der Waals surface area contributed by atoms with Crippen LogP contribution in [0.4, 0.5) is 5.13 Å². The molecular weight excluding hydrogens is 338 g/mol. The van der Waals surface area contributed by atoms with Gasteiger partial charge in [-0.05, 0) is 18.4 Å². The number of nitrogens with two attached hydrogens (primary N) is 1. The van der Waals surface area contributed by atoms with Crippen molar-refractivity contribution >= 4 is 34.1 Å². The van der Waals surface area contributed by atoms with Crippen molar-refractivity contribution in [3.63, 3.8) is 0 Å². The molecule has 0 saturated heterocycles. The van der Waals surface area contributed by atoms with Crippen molar-refractivity contribution in [1.82, 2.24) is 10.3 Å². The summed E-state index contributed by atoms with van der Waals surface area (Å²) in [6.07, 6.45) is 4.79. The molecule has 0 atom stereocenters. The van der Waals surface area contributed by atoms with Crippen LogP contribution in [0.25, 0.3) is 0 Å². The Bertz CT molecular complexity index is 666. The van der Waals surface area contributed by atoms with Crippen LogP contribution in [-0.4, -0.2) is 23.2 Å². The first-order valence-electron chi connectivity index (χ1n) is 8.28. The Morgan fingerprint density at radius 3 is 2.71 bits per heavy atom. The van der Waals surface area contributed by atoms with E-state index < -0.39 is 0 Å². The molecule has 1 aromatic carbocycles. The van der Waals surface area contributed by atoms with Crippen LogP contribution < -0.4 is 11.1 Å². The van der Waals surface area contributed by atoms with E-state index in [1.165, 1.54) is 29.7 Å². The minimum absolute atomic E-state index is 0.102. The Hall–Kier alpha value is -1.53. The fraction of sp³-hybridized carbons (Fsp3) is 0.444. The Morgan fingerprint density at radius 2 is 2.04 bits per heavy atom. The summed E-state index contributed by atoms with van der Waals surface area (Å²) in [6.45, 7) is 0.736. The highest BCUT2D eigenvalue weighted by Gasteiger charge is 2.35. The minimum atomic E-state index is 0.102. The van der Waals surface area contributed by atoms with Gasteiger partial charge < -0.3 is 11.1 Å². The number of anilines is 1. The molecule has 4 nitrogen and oxygen atoms in total. The van der Waals surface area contributed by atoms with Gasteiger partial charge in [-0.1, -0.05) is 43.2 Å². The topological polar surface area (TPSA) is 68.0 Å². The molecule has 1 aliphatic carbocycles. The van der Waals surface area contributed by atoms with Crippen LogP contribution in [0.3, 0.4) is 0 Å². The molecule has 1 fully saturated rings. The number of benzene rings is 1. The maximum absolute atomic E-state index is 12.2. The molecule has 3 N–H and O–H groups in total. The highest BCUT2D eigenvalue weighted by Crippen LogP contribution is 2.40. The summed E-state index contributed by atoms with van der Waals surface area (Å²) in [4.78, 5) is 16.4. The first-order chi connectivity index (χ1) is 11.7. The summed E-state index contributed by atoms with van der Waals surface area (Å²) in [6, 6.07) is 10.6. The summed E-state index contributed by atoms with van der Waals surface area (Å²) in [5, 5.41) is 5.69. The van der Waals surface area contributed by atoms with Crippen molar-refractivity contribution in [3.8, 4) is 0 Å². The Balaban J connectivity index is 1.49. The molecule has 0 bridgehead atoms. The van der Waals surface area contributed by atoms with Crippen LogP contribution in [0, 0.1) is 0 Å². The Morgan fingerprint density at radius 1 is 1.29 bits per heavy atom. The second-order valence-electron chi connectivity index (χ2n) is 6.30. The molecule has 0 unspecified atom stereocenters. The van der Waals surface area contributed by atoms with Crippen molar-refractivity contribution in [2.24, 2.45) is 0 Å². The van der Waals surface area contributed by atoms with E-state index in [0.29, 0.717) is 10.9 Å². The monoisotopic (exact) mass is 361 g/mol. The van der Waals surface area contributed by atoms with Gasteiger partial charge in [-0.15, -0.1) is 23.1 Å². The number of hydrogen-bond acceptors (Lipinski definition) is 5. The number of carbonyl (C=O) groups excluding carboxylic acids is 1. The fourth-order valence-electron chi connectivity index (χ4n) is 3.37. The van der Waals surface area contributed by atoms with Crippen molar-refractivity contribution < 1.29 is 4.79 Å². The number of hydrogen-bond donors (Lipinski definition) is 2. The molecule has 24 heavy (non-hydrogen) atoms. The van der Waals surface area contributed by atoms with Gasteiger partial charge in [-0.25, -0.2) is 4.98 Å². The molecule has 128 valence electrons. The van der Waals surface area contributed by atoms with E-state index in [1.807, 2.05) is 11.4 Å². The van der Waals surface area contributed by atoms with E-state index in [2.05, 4.69) is 34.6 Å². The predicted molar refractivity (Wildman–Crippen MR) is 102 cm³/mol. The van der Waals surface area contributed by atoms with Gasteiger partial charge in [0, 0.05) is 23.1 Å². The number of thiazole rings is 1. The molecule has 6 heteroatoms. The van der Waals surface area contributed by atoms with Crippen LogP contribution >= 0.6 is 23.1 Å². The molecule has 3 rings (SSSR count). The average molecular weight is 362 g/mol. The van der Waals surface area contributed by atoms with Gasteiger partial charge >= 0.3 is 0 Å². The molecule has 2 aromatic rings. The molecule has 1 saturated carbocycles. The van der Waals surface area contributed by atoms with E-state index >= 15 is 0 Å². The lowest BCUT2D eigenvalue weighted by molar-refractivity contribution is -0.118. The van der Waals surface area contributed by atoms with Gasteiger partial charge in [0.1, 0.15) is 0 Å². The smallest absolute Gasteiger partial charge is 0.230 e. The quantitative estimate of drug-likeness (QED) is 0.791. The second kappa shape index (κ2) is 8.03. The van der Waals surface area contributed by atoms with Crippen molar-refractivity contribution in [2.45, 2.75) is 36.9 Å². The number of carbonyl (C=O) groups is 1. The van der Waals surface area contributed by atoms with Gasteiger partial charge in [-0.3, -0.25) is 4.79 Å². The molecule has 0 aliphatic heterocycles. The van der Waals surface area contributed by atoms with Crippen LogP contribution in [0.2, 0.25) is 0 Å². The maximum Gasteiger partial charge on any atom is 0.230 e. The number of nitrogens with zero attached hydrogens (tertiary/aromatic N) is 1. The van der Waals surface area contributed by atoms with Gasteiger partial charge in [-0.2, -0.15) is 0 Å². The first-order valence-corrected chi connectivity index (χ1v) is 10.3. The average Bonchev–Trinajstić information content (AvgIpc) is 3.24. The fourth-order valence-corrected chi connectivity index (χ4v) is 4.78. The molecule has 1 amide bonds.